The summed E-state index contributed by atoms with van der Waals surface area (Å²) in [6.45, 7) is 6.72. The molecule has 6 heteroatoms. The zero-order valence-corrected chi connectivity index (χ0v) is 14.4. The van der Waals surface area contributed by atoms with Crippen molar-refractivity contribution >= 4 is 6.20 Å². The molecule has 24 heavy (non-hydrogen) atoms. The SMILES string of the molecule is C=Cn1cc(CN2C3CCC2CC(O)(c2nccn2C)C3)c(C)n1. The summed E-state index contributed by atoms with van der Waals surface area (Å²) >= 11 is 0. The van der Waals surface area contributed by atoms with Crippen molar-refractivity contribution in [3.8, 4) is 0 Å². The summed E-state index contributed by atoms with van der Waals surface area (Å²) in [6.07, 6.45) is 11.3. The van der Waals surface area contributed by atoms with E-state index in [-0.39, 0.29) is 0 Å². The van der Waals surface area contributed by atoms with Crippen molar-refractivity contribution in [1.82, 2.24) is 24.2 Å². The second-order valence-corrected chi connectivity index (χ2v) is 7.26. The molecule has 128 valence electrons. The molecule has 0 radical (unpaired) electrons. The number of hydrogen-bond acceptors (Lipinski definition) is 4. The van der Waals surface area contributed by atoms with Crippen molar-refractivity contribution in [3.05, 3.63) is 42.3 Å². The van der Waals surface area contributed by atoms with Crippen LogP contribution in [0.1, 0.15) is 42.8 Å². The zero-order valence-electron chi connectivity index (χ0n) is 14.4. The largest absolute Gasteiger partial charge is 0.382 e. The highest BCUT2D eigenvalue weighted by Gasteiger charge is 2.49. The molecule has 2 fully saturated rings. The quantitative estimate of drug-likeness (QED) is 0.933. The first kappa shape index (κ1) is 15.6. The molecule has 4 rings (SSSR count). The maximum absolute atomic E-state index is 11.2. The number of aliphatic hydroxyl groups is 1. The molecule has 0 amide bonds. The molecule has 2 atom stereocenters. The molecule has 2 unspecified atom stereocenters. The van der Waals surface area contributed by atoms with E-state index < -0.39 is 5.60 Å². The lowest BCUT2D eigenvalue weighted by Gasteiger charge is -2.43. The van der Waals surface area contributed by atoms with E-state index in [0.717, 1.165) is 43.7 Å². The Kier molecular flexibility index (Phi) is 3.62. The van der Waals surface area contributed by atoms with Gasteiger partial charge in [0.25, 0.3) is 0 Å². The first-order valence-corrected chi connectivity index (χ1v) is 8.63. The molecule has 6 nitrogen and oxygen atoms in total. The van der Waals surface area contributed by atoms with Gasteiger partial charge in [-0.1, -0.05) is 6.58 Å². The molecular weight excluding hydrogens is 302 g/mol. The van der Waals surface area contributed by atoms with E-state index >= 15 is 0 Å². The van der Waals surface area contributed by atoms with Crippen LogP contribution in [0.3, 0.4) is 0 Å². The maximum Gasteiger partial charge on any atom is 0.140 e. The molecule has 0 aliphatic carbocycles. The van der Waals surface area contributed by atoms with Gasteiger partial charge in [0.15, 0.2) is 0 Å². The lowest BCUT2D eigenvalue weighted by atomic mass is 9.85. The Labute approximate surface area is 142 Å². The summed E-state index contributed by atoms with van der Waals surface area (Å²) in [5, 5.41) is 15.7. The molecule has 1 N–H and O–H groups in total. The van der Waals surface area contributed by atoms with E-state index in [9.17, 15) is 5.11 Å². The van der Waals surface area contributed by atoms with Gasteiger partial charge in [0.1, 0.15) is 11.4 Å². The lowest BCUT2D eigenvalue weighted by Crippen LogP contribution is -2.50. The van der Waals surface area contributed by atoms with Gasteiger partial charge in [-0.3, -0.25) is 4.90 Å². The van der Waals surface area contributed by atoms with E-state index in [0.29, 0.717) is 12.1 Å². The van der Waals surface area contributed by atoms with E-state index in [1.54, 1.807) is 17.1 Å². The summed E-state index contributed by atoms with van der Waals surface area (Å²) in [5.74, 6) is 0.801. The van der Waals surface area contributed by atoms with Crippen molar-refractivity contribution < 1.29 is 5.11 Å². The van der Waals surface area contributed by atoms with Gasteiger partial charge < -0.3 is 9.67 Å². The number of piperidine rings is 1. The van der Waals surface area contributed by atoms with E-state index in [2.05, 4.69) is 27.8 Å². The van der Waals surface area contributed by atoms with Crippen LogP contribution in [-0.4, -0.2) is 41.4 Å². The van der Waals surface area contributed by atoms with Crippen LogP contribution in [0.25, 0.3) is 6.20 Å². The predicted molar refractivity (Wildman–Crippen MR) is 92.0 cm³/mol. The second kappa shape index (κ2) is 5.57. The smallest absolute Gasteiger partial charge is 0.140 e. The third-order valence-electron chi connectivity index (χ3n) is 5.71. The van der Waals surface area contributed by atoms with Gasteiger partial charge in [-0.15, -0.1) is 0 Å². The standard InChI is InChI=1S/C18H25N5O/c1-4-22-11-14(13(2)20-22)12-23-15-5-6-16(23)10-18(24,9-15)17-19-7-8-21(17)3/h4,7-8,11,15-16,24H,1,5-6,9-10,12H2,2-3H3. The van der Waals surface area contributed by atoms with Crippen molar-refractivity contribution in [2.24, 2.45) is 7.05 Å². The van der Waals surface area contributed by atoms with Crippen molar-refractivity contribution in [3.63, 3.8) is 0 Å². The van der Waals surface area contributed by atoms with Crippen molar-refractivity contribution in [2.75, 3.05) is 0 Å². The molecule has 0 aromatic carbocycles. The minimum absolute atomic E-state index is 0.400. The van der Waals surface area contributed by atoms with Crippen LogP contribution in [0.15, 0.2) is 25.2 Å². The third kappa shape index (κ3) is 2.41. The molecule has 2 aromatic heterocycles. The molecule has 2 aliphatic rings. The zero-order chi connectivity index (χ0) is 16.9. The fourth-order valence-electron chi connectivity index (χ4n) is 4.54. The number of hydrogen-bond donors (Lipinski definition) is 1. The highest BCUT2D eigenvalue weighted by molar-refractivity contribution is 5.24. The van der Waals surface area contributed by atoms with Gasteiger partial charge in [0.2, 0.25) is 0 Å². The van der Waals surface area contributed by atoms with Crippen LogP contribution in [-0.2, 0) is 19.2 Å². The Morgan fingerprint density at radius 3 is 2.62 bits per heavy atom. The Morgan fingerprint density at radius 2 is 2.08 bits per heavy atom. The molecule has 2 aromatic rings. The van der Waals surface area contributed by atoms with Crippen LogP contribution in [0, 0.1) is 6.92 Å². The number of aryl methyl sites for hydroxylation is 2. The Hall–Kier alpha value is -1.92. The van der Waals surface area contributed by atoms with Crippen molar-refractivity contribution in [2.45, 2.75) is 56.8 Å². The molecule has 2 saturated heterocycles. The number of imidazole rings is 1. The van der Waals surface area contributed by atoms with Gasteiger partial charge in [0, 0.05) is 56.0 Å². The highest BCUT2D eigenvalue weighted by Crippen LogP contribution is 2.45. The molecule has 0 spiro atoms. The summed E-state index contributed by atoms with van der Waals surface area (Å²) < 4.78 is 3.73. The van der Waals surface area contributed by atoms with Crippen LogP contribution in [0.5, 0.6) is 0 Å². The average molecular weight is 327 g/mol. The molecular formula is C18H25N5O. The minimum atomic E-state index is -0.805. The van der Waals surface area contributed by atoms with Gasteiger partial charge in [-0.2, -0.15) is 5.10 Å². The average Bonchev–Trinajstić information content (AvgIpc) is 3.19. The summed E-state index contributed by atoms with van der Waals surface area (Å²) in [5.41, 5.74) is 1.49. The summed E-state index contributed by atoms with van der Waals surface area (Å²) in [6, 6.07) is 0.800. The lowest BCUT2D eigenvalue weighted by molar-refractivity contribution is -0.0669. The molecule has 0 saturated carbocycles. The number of nitrogens with zero attached hydrogens (tertiary/aromatic N) is 5. The van der Waals surface area contributed by atoms with Crippen LogP contribution >= 0.6 is 0 Å². The van der Waals surface area contributed by atoms with Crippen LogP contribution < -0.4 is 0 Å². The van der Waals surface area contributed by atoms with E-state index in [1.165, 1.54) is 5.56 Å². The van der Waals surface area contributed by atoms with E-state index in [1.807, 2.05) is 24.7 Å². The van der Waals surface area contributed by atoms with Gasteiger partial charge >= 0.3 is 0 Å². The topological polar surface area (TPSA) is 59.1 Å². The molecule has 2 bridgehead atoms. The van der Waals surface area contributed by atoms with E-state index in [4.69, 9.17) is 0 Å². The Bertz CT molecular complexity index is 747. The number of fused-ring (bicyclic) bond motifs is 2. The van der Waals surface area contributed by atoms with Gasteiger partial charge in [-0.05, 0) is 32.6 Å². The predicted octanol–water partition coefficient (Wildman–Crippen LogP) is 2.04. The summed E-state index contributed by atoms with van der Waals surface area (Å²) in [4.78, 5) is 6.97. The monoisotopic (exact) mass is 327 g/mol. The first-order valence-electron chi connectivity index (χ1n) is 8.63. The Balaban J connectivity index is 1.56. The van der Waals surface area contributed by atoms with Crippen molar-refractivity contribution in [1.29, 1.82) is 0 Å². The Morgan fingerprint density at radius 1 is 1.38 bits per heavy atom. The molecule has 2 aliphatic heterocycles. The van der Waals surface area contributed by atoms with Crippen LogP contribution in [0.2, 0.25) is 0 Å². The van der Waals surface area contributed by atoms with Crippen LogP contribution in [0.4, 0.5) is 0 Å². The second-order valence-electron chi connectivity index (χ2n) is 7.26. The molecule has 4 heterocycles. The first-order chi connectivity index (χ1) is 11.5. The minimum Gasteiger partial charge on any atom is -0.382 e. The normalized spacial score (nSPS) is 30.0. The third-order valence-corrected chi connectivity index (χ3v) is 5.71. The fraction of sp³-hybridized carbons (Fsp3) is 0.556. The van der Waals surface area contributed by atoms with Gasteiger partial charge in [-0.25, -0.2) is 9.67 Å². The highest BCUT2D eigenvalue weighted by atomic mass is 16.3. The van der Waals surface area contributed by atoms with Gasteiger partial charge in [0.05, 0.1) is 5.69 Å². The maximum atomic E-state index is 11.2. The fourth-order valence-corrected chi connectivity index (χ4v) is 4.54. The number of aromatic nitrogens is 4. The summed E-state index contributed by atoms with van der Waals surface area (Å²) in [7, 11) is 1.96. The number of rotatable bonds is 4.